The number of carbonyl (C=O) groups is 2. The lowest BCUT2D eigenvalue weighted by Gasteiger charge is -2.26. The average Bonchev–Trinajstić information content (AvgIpc) is 3.14. The molecule has 3 rings (SSSR count). The van der Waals surface area contributed by atoms with E-state index >= 15 is 0 Å². The minimum Gasteiger partial charge on any atom is -0.444 e. The molecule has 0 radical (unpaired) electrons. The monoisotopic (exact) mass is 549 g/mol. The second-order valence-electron chi connectivity index (χ2n) is 9.73. The number of halogens is 3. The fraction of sp³-hybridized carbons (Fsp3) is 0.346. The highest BCUT2D eigenvalue weighted by atomic mass is 32.2. The molecule has 0 aromatic heterocycles. The van der Waals surface area contributed by atoms with Crippen LogP contribution in [-0.4, -0.2) is 32.2 Å². The van der Waals surface area contributed by atoms with E-state index in [2.05, 4.69) is 10.6 Å². The van der Waals surface area contributed by atoms with Gasteiger partial charge in [-0.3, -0.25) is 4.79 Å². The highest BCUT2D eigenvalue weighted by Gasteiger charge is 2.36. The van der Waals surface area contributed by atoms with E-state index in [9.17, 15) is 36.4 Å². The first kappa shape index (κ1) is 28.7. The van der Waals surface area contributed by atoms with Gasteiger partial charge in [-0.1, -0.05) is 12.1 Å². The van der Waals surface area contributed by atoms with Crippen LogP contribution < -0.4 is 10.6 Å². The molecule has 0 spiro atoms. The fourth-order valence-electron chi connectivity index (χ4n) is 3.98. The first-order valence-corrected chi connectivity index (χ1v) is 13.3. The number of ether oxygens (including phenoxy) is 1. The third-order valence-corrected chi connectivity index (χ3v) is 6.67. The Bertz CT molecular complexity index is 1450. The number of amides is 1. The first-order chi connectivity index (χ1) is 17.5. The molecule has 1 aliphatic carbocycles. The lowest BCUT2D eigenvalue weighted by molar-refractivity contribution is -0.137. The number of Topliss-reactive ketones (excluding diaryl/α,β-unsaturated/α-hetero) is 1. The van der Waals surface area contributed by atoms with E-state index in [4.69, 9.17) is 4.74 Å². The van der Waals surface area contributed by atoms with Gasteiger partial charge in [0.1, 0.15) is 5.60 Å². The van der Waals surface area contributed by atoms with E-state index in [1.54, 1.807) is 20.8 Å². The zero-order valence-corrected chi connectivity index (χ0v) is 21.9. The Kier molecular flexibility index (Phi) is 7.93. The predicted molar refractivity (Wildman–Crippen MR) is 133 cm³/mol. The quantitative estimate of drug-likeness (QED) is 0.502. The molecule has 8 nitrogen and oxygen atoms in total. The summed E-state index contributed by atoms with van der Waals surface area (Å²) in [5, 5.41) is 14.7. The van der Waals surface area contributed by atoms with Crippen LogP contribution >= 0.6 is 0 Å². The second-order valence-corrected chi connectivity index (χ2v) is 11.7. The number of alkyl halides is 3. The molecule has 0 bridgehead atoms. The molecular formula is C26H26F3N3O5S. The van der Waals surface area contributed by atoms with E-state index < -0.39 is 45.1 Å². The van der Waals surface area contributed by atoms with Crippen molar-refractivity contribution in [3.63, 3.8) is 0 Å². The van der Waals surface area contributed by atoms with Gasteiger partial charge in [-0.25, -0.2) is 13.2 Å². The molecule has 1 atom stereocenters. The van der Waals surface area contributed by atoms with Gasteiger partial charge in [-0.2, -0.15) is 18.4 Å². The molecule has 1 amide bonds. The van der Waals surface area contributed by atoms with Crippen LogP contribution in [0.5, 0.6) is 0 Å². The summed E-state index contributed by atoms with van der Waals surface area (Å²) < 4.78 is 70.4. The normalized spacial score (nSPS) is 15.2. The molecule has 0 saturated carbocycles. The van der Waals surface area contributed by atoms with Crippen LogP contribution in [0, 0.1) is 11.3 Å². The highest BCUT2D eigenvalue weighted by Crippen LogP contribution is 2.38. The number of hydrogen-bond donors (Lipinski definition) is 2. The maximum atomic E-state index is 13.2. The number of hydrogen-bond acceptors (Lipinski definition) is 7. The van der Waals surface area contributed by atoms with Crippen molar-refractivity contribution >= 4 is 27.4 Å². The Balaban J connectivity index is 2.19. The molecule has 2 N–H and O–H groups in total. The topological polar surface area (TPSA) is 125 Å². The standard InChI is InChI=1S/C26H26F3N3O5S/c1-25(2,3)37-24(34)32-23(18-9-8-15(14-30)12-21(18)38(4,35)36)22-19(10-11-20(22)33)31-17-7-5-6-16(13-17)26(27,28)29/h5-9,12-13,23,31H,10-11H2,1-4H3,(H,32,34)/t23-/m1/s1. The van der Waals surface area contributed by atoms with Gasteiger partial charge in [0, 0.05) is 29.6 Å². The summed E-state index contributed by atoms with van der Waals surface area (Å²) in [6.45, 7) is 4.85. The molecule has 1 aliphatic rings. The number of nitrogens with zero attached hydrogens (tertiary/aromatic N) is 1. The molecule has 0 heterocycles. The van der Waals surface area contributed by atoms with Crippen molar-refractivity contribution in [2.24, 2.45) is 0 Å². The Labute approximate surface area is 218 Å². The number of rotatable bonds is 6. The Morgan fingerprint density at radius 1 is 1.11 bits per heavy atom. The number of anilines is 1. The van der Waals surface area contributed by atoms with Crippen LogP contribution in [0.4, 0.5) is 23.7 Å². The van der Waals surface area contributed by atoms with E-state index in [1.165, 1.54) is 24.3 Å². The van der Waals surface area contributed by atoms with Gasteiger partial charge < -0.3 is 15.4 Å². The number of nitrogens with one attached hydrogen (secondary N) is 2. The van der Waals surface area contributed by atoms with E-state index in [0.717, 1.165) is 24.5 Å². The van der Waals surface area contributed by atoms with Crippen molar-refractivity contribution in [2.75, 3.05) is 11.6 Å². The van der Waals surface area contributed by atoms with Crippen LogP contribution in [0.15, 0.2) is 58.6 Å². The van der Waals surface area contributed by atoms with Gasteiger partial charge in [0.05, 0.1) is 28.1 Å². The number of alkyl carbamates (subject to hydrolysis) is 1. The summed E-state index contributed by atoms with van der Waals surface area (Å²) in [5.41, 5.74) is -1.52. The molecule has 38 heavy (non-hydrogen) atoms. The van der Waals surface area contributed by atoms with Crippen LogP contribution in [0.3, 0.4) is 0 Å². The van der Waals surface area contributed by atoms with Gasteiger partial charge in [0.2, 0.25) is 0 Å². The zero-order chi connectivity index (χ0) is 28.5. The summed E-state index contributed by atoms with van der Waals surface area (Å²) in [6, 6.07) is 8.69. The third-order valence-electron chi connectivity index (χ3n) is 5.52. The molecule has 12 heteroatoms. The van der Waals surface area contributed by atoms with Crippen molar-refractivity contribution < 1.29 is 35.9 Å². The van der Waals surface area contributed by atoms with Gasteiger partial charge >= 0.3 is 12.3 Å². The molecule has 202 valence electrons. The SMILES string of the molecule is CC(C)(C)OC(=O)N[C@@H](C1=C(Nc2cccc(C(F)(F)F)c2)CCC1=O)c1ccc(C#N)cc1S(C)(=O)=O. The largest absolute Gasteiger partial charge is 0.444 e. The minimum atomic E-state index is -4.59. The maximum absolute atomic E-state index is 13.2. The smallest absolute Gasteiger partial charge is 0.416 e. The number of carbonyl (C=O) groups excluding carboxylic acids is 2. The van der Waals surface area contributed by atoms with Crippen LogP contribution in [0.25, 0.3) is 0 Å². The number of ketones is 1. The lowest BCUT2D eigenvalue weighted by Crippen LogP contribution is -2.37. The maximum Gasteiger partial charge on any atom is 0.416 e. The van der Waals surface area contributed by atoms with Crippen molar-refractivity contribution in [3.8, 4) is 6.07 Å². The number of sulfone groups is 1. The highest BCUT2D eigenvalue weighted by molar-refractivity contribution is 7.90. The average molecular weight is 550 g/mol. The van der Waals surface area contributed by atoms with Crippen molar-refractivity contribution in [3.05, 3.63) is 70.4 Å². The summed E-state index contributed by atoms with van der Waals surface area (Å²) in [5.74, 6) is -0.440. The van der Waals surface area contributed by atoms with Crippen molar-refractivity contribution in [2.45, 2.75) is 56.3 Å². The summed E-state index contributed by atoms with van der Waals surface area (Å²) in [6.07, 6.45) is -4.52. The zero-order valence-electron chi connectivity index (χ0n) is 21.1. The first-order valence-electron chi connectivity index (χ1n) is 11.4. The Morgan fingerprint density at radius 2 is 1.79 bits per heavy atom. The molecule has 0 aliphatic heterocycles. The van der Waals surface area contributed by atoms with E-state index in [-0.39, 0.29) is 45.8 Å². The van der Waals surface area contributed by atoms with Crippen LogP contribution in [0.1, 0.15) is 56.3 Å². The molecular weight excluding hydrogens is 523 g/mol. The summed E-state index contributed by atoms with van der Waals surface area (Å²) in [7, 11) is -3.95. The van der Waals surface area contributed by atoms with Crippen molar-refractivity contribution in [1.82, 2.24) is 5.32 Å². The van der Waals surface area contributed by atoms with E-state index in [0.29, 0.717) is 0 Å². The number of benzene rings is 2. The molecule has 0 saturated heterocycles. The van der Waals surface area contributed by atoms with Crippen LogP contribution in [-0.2, 0) is 25.5 Å². The van der Waals surface area contributed by atoms with Crippen LogP contribution in [0.2, 0.25) is 0 Å². The molecule has 0 fully saturated rings. The summed E-state index contributed by atoms with van der Waals surface area (Å²) in [4.78, 5) is 25.6. The second kappa shape index (κ2) is 10.5. The molecule has 2 aromatic carbocycles. The lowest BCUT2D eigenvalue weighted by atomic mass is 9.95. The summed E-state index contributed by atoms with van der Waals surface area (Å²) >= 11 is 0. The van der Waals surface area contributed by atoms with Gasteiger partial charge in [0.15, 0.2) is 15.6 Å². The molecule has 0 unspecified atom stereocenters. The van der Waals surface area contributed by atoms with Gasteiger partial charge in [0.25, 0.3) is 0 Å². The number of nitriles is 1. The number of allylic oxidation sites excluding steroid dienone is 1. The Morgan fingerprint density at radius 3 is 2.37 bits per heavy atom. The fourth-order valence-corrected chi connectivity index (χ4v) is 4.94. The van der Waals surface area contributed by atoms with Gasteiger partial charge in [-0.15, -0.1) is 0 Å². The minimum absolute atomic E-state index is 0.00551. The Hall–Kier alpha value is -3.85. The van der Waals surface area contributed by atoms with Gasteiger partial charge in [-0.05, 0) is 63.1 Å². The molecule has 2 aromatic rings. The van der Waals surface area contributed by atoms with Crippen molar-refractivity contribution in [1.29, 1.82) is 5.26 Å². The predicted octanol–water partition coefficient (Wildman–Crippen LogP) is 5.28. The third kappa shape index (κ3) is 6.92. The van der Waals surface area contributed by atoms with E-state index in [1.807, 2.05) is 6.07 Å².